The number of anilines is 1. The molecule has 3 rings (SSSR count). The largest absolute Gasteiger partial charge is 0.346 e. The monoisotopic (exact) mass is 390 g/mol. The molecule has 8 heteroatoms. The molecule has 0 unspecified atom stereocenters. The number of nitrogens with zero attached hydrogens (tertiary/aromatic N) is 3. The van der Waals surface area contributed by atoms with Gasteiger partial charge in [-0.15, -0.1) is 0 Å². The highest BCUT2D eigenvalue weighted by molar-refractivity contribution is 7.80. The summed E-state index contributed by atoms with van der Waals surface area (Å²) in [5, 5.41) is 15.2. The van der Waals surface area contributed by atoms with E-state index in [1.807, 2.05) is 18.2 Å². The van der Waals surface area contributed by atoms with E-state index in [1.165, 1.54) is 17.7 Å². The van der Waals surface area contributed by atoms with Crippen molar-refractivity contribution in [1.82, 2.24) is 9.80 Å². The average Bonchev–Trinajstić information content (AvgIpc) is 2.63. The quantitative estimate of drug-likeness (QED) is 0.487. The maximum atomic E-state index is 10.7. The highest BCUT2D eigenvalue weighted by Crippen LogP contribution is 2.17. The number of nitrogens with one attached hydrogen (secondary N) is 1. The first-order valence-corrected chi connectivity index (χ1v) is 9.07. The summed E-state index contributed by atoms with van der Waals surface area (Å²) in [6, 6.07) is 14.2. The number of hydrogen-bond donors (Lipinski definition) is 1. The van der Waals surface area contributed by atoms with Gasteiger partial charge >= 0.3 is 0 Å². The van der Waals surface area contributed by atoms with E-state index in [2.05, 4.69) is 21.2 Å². The minimum atomic E-state index is -0.415. The number of halogens is 1. The summed E-state index contributed by atoms with van der Waals surface area (Å²) in [5.74, 6) is 0. The first-order chi connectivity index (χ1) is 12.5. The molecule has 0 spiro atoms. The van der Waals surface area contributed by atoms with E-state index in [1.54, 1.807) is 12.1 Å². The summed E-state index contributed by atoms with van der Waals surface area (Å²) in [6.45, 7) is 4.36. The molecule has 0 atom stereocenters. The van der Waals surface area contributed by atoms with Crippen LogP contribution in [0.25, 0.3) is 0 Å². The van der Waals surface area contributed by atoms with Crippen molar-refractivity contribution in [3.8, 4) is 0 Å². The molecule has 2 aromatic rings. The van der Waals surface area contributed by atoms with Gasteiger partial charge in [-0.05, 0) is 42.0 Å². The lowest BCUT2D eigenvalue weighted by atomic mass is 10.2. The summed E-state index contributed by atoms with van der Waals surface area (Å²) < 4.78 is 0. The van der Waals surface area contributed by atoms with Crippen molar-refractivity contribution >= 4 is 40.3 Å². The summed E-state index contributed by atoms with van der Waals surface area (Å²) in [6.07, 6.45) is 0. The van der Waals surface area contributed by atoms with Gasteiger partial charge < -0.3 is 10.2 Å². The molecule has 0 amide bonds. The van der Waals surface area contributed by atoms with Gasteiger partial charge in [0.05, 0.1) is 4.92 Å². The first kappa shape index (κ1) is 18.6. The maximum Gasteiger partial charge on any atom is 0.269 e. The summed E-state index contributed by atoms with van der Waals surface area (Å²) in [5.41, 5.74) is 2.02. The van der Waals surface area contributed by atoms with E-state index < -0.39 is 4.92 Å². The summed E-state index contributed by atoms with van der Waals surface area (Å²) in [7, 11) is 0. The molecule has 6 nitrogen and oxygen atoms in total. The van der Waals surface area contributed by atoms with Crippen LogP contribution in [-0.2, 0) is 6.54 Å². The van der Waals surface area contributed by atoms with E-state index in [4.69, 9.17) is 23.8 Å². The average molecular weight is 391 g/mol. The molecule has 2 aromatic carbocycles. The van der Waals surface area contributed by atoms with Crippen molar-refractivity contribution in [2.45, 2.75) is 6.54 Å². The molecule has 0 aromatic heterocycles. The van der Waals surface area contributed by atoms with Gasteiger partial charge in [-0.25, -0.2) is 0 Å². The van der Waals surface area contributed by atoms with Crippen LogP contribution in [0.5, 0.6) is 0 Å². The zero-order valence-corrected chi connectivity index (χ0v) is 15.7. The molecule has 0 radical (unpaired) electrons. The Morgan fingerprint density at radius 1 is 1.15 bits per heavy atom. The van der Waals surface area contributed by atoms with Crippen LogP contribution in [0.1, 0.15) is 5.56 Å². The Hall–Kier alpha value is -2.22. The number of nitro groups is 1. The summed E-state index contributed by atoms with van der Waals surface area (Å²) in [4.78, 5) is 14.8. The van der Waals surface area contributed by atoms with Gasteiger partial charge in [0.1, 0.15) is 0 Å². The minimum Gasteiger partial charge on any atom is -0.346 e. The predicted octanol–water partition coefficient (Wildman–Crippen LogP) is 3.76. The third-order valence-corrected chi connectivity index (χ3v) is 4.88. The Morgan fingerprint density at radius 2 is 1.85 bits per heavy atom. The van der Waals surface area contributed by atoms with Crippen molar-refractivity contribution in [1.29, 1.82) is 0 Å². The highest BCUT2D eigenvalue weighted by Gasteiger charge is 2.19. The fourth-order valence-corrected chi connectivity index (χ4v) is 3.38. The number of nitro benzene ring substituents is 1. The van der Waals surface area contributed by atoms with Crippen LogP contribution >= 0.6 is 23.8 Å². The second-order valence-electron chi connectivity index (χ2n) is 6.13. The molecule has 0 bridgehead atoms. The lowest BCUT2D eigenvalue weighted by Crippen LogP contribution is -2.49. The minimum absolute atomic E-state index is 0.0658. The van der Waals surface area contributed by atoms with E-state index in [-0.39, 0.29) is 5.69 Å². The van der Waals surface area contributed by atoms with Gasteiger partial charge in [-0.1, -0.05) is 23.7 Å². The molecule has 0 saturated carbocycles. The maximum absolute atomic E-state index is 10.7. The second kappa shape index (κ2) is 8.44. The SMILES string of the molecule is O=[N+]([O-])c1ccc(NC(=S)N2CCN(Cc3cccc(Cl)c3)CC2)cc1. The molecule has 1 aliphatic heterocycles. The number of benzene rings is 2. The van der Waals surface area contributed by atoms with Gasteiger partial charge in [-0.2, -0.15) is 0 Å². The second-order valence-corrected chi connectivity index (χ2v) is 6.95. The normalized spacial score (nSPS) is 14.9. The number of thiocarbonyl (C=S) groups is 1. The van der Waals surface area contributed by atoms with Crippen LogP contribution in [0.2, 0.25) is 5.02 Å². The molecule has 26 heavy (non-hydrogen) atoms. The van der Waals surface area contributed by atoms with Crippen molar-refractivity contribution in [2.24, 2.45) is 0 Å². The van der Waals surface area contributed by atoms with Crippen molar-refractivity contribution < 1.29 is 4.92 Å². The van der Waals surface area contributed by atoms with E-state index >= 15 is 0 Å². The zero-order chi connectivity index (χ0) is 18.5. The Morgan fingerprint density at radius 3 is 2.46 bits per heavy atom. The Balaban J connectivity index is 1.49. The van der Waals surface area contributed by atoms with Crippen molar-refractivity contribution in [3.05, 3.63) is 69.2 Å². The number of non-ortho nitro benzene ring substituents is 1. The van der Waals surface area contributed by atoms with Crippen LogP contribution in [0.4, 0.5) is 11.4 Å². The number of rotatable bonds is 4. The number of hydrogen-bond acceptors (Lipinski definition) is 4. The fourth-order valence-electron chi connectivity index (χ4n) is 2.87. The fraction of sp³-hybridized carbons (Fsp3) is 0.278. The Kier molecular flexibility index (Phi) is 6.03. The zero-order valence-electron chi connectivity index (χ0n) is 14.1. The molecule has 0 aliphatic carbocycles. The van der Waals surface area contributed by atoms with E-state index in [9.17, 15) is 10.1 Å². The van der Waals surface area contributed by atoms with E-state index in [0.717, 1.165) is 43.4 Å². The smallest absolute Gasteiger partial charge is 0.269 e. The molecular formula is C18H19ClN4O2S. The lowest BCUT2D eigenvalue weighted by molar-refractivity contribution is -0.384. The van der Waals surface area contributed by atoms with Crippen LogP contribution in [0.15, 0.2) is 48.5 Å². The molecule has 1 heterocycles. The first-order valence-electron chi connectivity index (χ1n) is 8.28. The predicted molar refractivity (Wildman–Crippen MR) is 108 cm³/mol. The molecule has 1 aliphatic rings. The van der Waals surface area contributed by atoms with E-state index in [0.29, 0.717) is 5.11 Å². The molecule has 136 valence electrons. The Labute approximate surface area is 162 Å². The van der Waals surface area contributed by atoms with Crippen LogP contribution < -0.4 is 5.32 Å². The number of piperazine rings is 1. The van der Waals surface area contributed by atoms with Gasteiger partial charge in [0.2, 0.25) is 0 Å². The van der Waals surface area contributed by atoms with Crippen LogP contribution in [0, 0.1) is 10.1 Å². The van der Waals surface area contributed by atoms with Gasteiger partial charge in [-0.3, -0.25) is 15.0 Å². The third-order valence-electron chi connectivity index (χ3n) is 4.28. The highest BCUT2D eigenvalue weighted by atomic mass is 35.5. The molecule has 1 N–H and O–H groups in total. The van der Waals surface area contributed by atoms with Crippen molar-refractivity contribution in [3.63, 3.8) is 0 Å². The Bertz CT molecular complexity index is 792. The van der Waals surface area contributed by atoms with Gasteiger partial charge in [0, 0.05) is 55.6 Å². The van der Waals surface area contributed by atoms with Gasteiger partial charge in [0.25, 0.3) is 5.69 Å². The summed E-state index contributed by atoms with van der Waals surface area (Å²) >= 11 is 11.5. The topological polar surface area (TPSA) is 61.7 Å². The van der Waals surface area contributed by atoms with Crippen LogP contribution in [0.3, 0.4) is 0 Å². The van der Waals surface area contributed by atoms with Crippen LogP contribution in [-0.4, -0.2) is 46.0 Å². The van der Waals surface area contributed by atoms with Gasteiger partial charge in [0.15, 0.2) is 5.11 Å². The molecule has 1 saturated heterocycles. The molecular weight excluding hydrogens is 372 g/mol. The van der Waals surface area contributed by atoms with Crippen molar-refractivity contribution in [2.75, 3.05) is 31.5 Å². The lowest BCUT2D eigenvalue weighted by Gasteiger charge is -2.36. The third kappa shape index (κ3) is 4.91. The molecule has 1 fully saturated rings. The standard InChI is InChI=1S/C18H19ClN4O2S/c19-15-3-1-2-14(12-15)13-21-8-10-22(11-9-21)18(26)20-16-4-6-17(7-5-16)23(24)25/h1-7,12H,8-11,13H2,(H,20,26).